The van der Waals surface area contributed by atoms with Crippen molar-refractivity contribution >= 4 is 22.8 Å². The summed E-state index contributed by atoms with van der Waals surface area (Å²) in [6, 6.07) is 7.73. The van der Waals surface area contributed by atoms with Crippen LogP contribution in [0.15, 0.2) is 24.3 Å². The van der Waals surface area contributed by atoms with E-state index in [1.54, 1.807) is 0 Å². The van der Waals surface area contributed by atoms with Crippen molar-refractivity contribution < 1.29 is 9.90 Å². The van der Waals surface area contributed by atoms with Gasteiger partial charge in [0, 0.05) is 20.0 Å². The van der Waals surface area contributed by atoms with Gasteiger partial charge in [-0.1, -0.05) is 12.1 Å². The smallest absolute Gasteiger partial charge is 0.303 e. The molecule has 0 radical (unpaired) electrons. The average molecular weight is 259 g/mol. The summed E-state index contributed by atoms with van der Waals surface area (Å²) < 4.78 is 0. The van der Waals surface area contributed by atoms with Gasteiger partial charge in [0.25, 0.3) is 0 Å². The highest BCUT2D eigenvalue weighted by molar-refractivity contribution is 5.76. The molecule has 1 aromatic carbocycles. The van der Waals surface area contributed by atoms with Gasteiger partial charge in [-0.25, -0.2) is 9.97 Å². The van der Waals surface area contributed by atoms with Crippen molar-refractivity contribution in [2.75, 3.05) is 18.5 Å². The van der Waals surface area contributed by atoms with Crippen molar-refractivity contribution in [3.63, 3.8) is 0 Å². The number of carboxylic acid groups (broad SMARTS) is 1. The van der Waals surface area contributed by atoms with Gasteiger partial charge < -0.3 is 10.0 Å². The Labute approximate surface area is 111 Å². The third-order valence-electron chi connectivity index (χ3n) is 2.97. The van der Waals surface area contributed by atoms with E-state index in [-0.39, 0.29) is 6.42 Å². The van der Waals surface area contributed by atoms with E-state index in [1.165, 1.54) is 0 Å². The van der Waals surface area contributed by atoms with Gasteiger partial charge in [0.2, 0.25) is 0 Å². The summed E-state index contributed by atoms with van der Waals surface area (Å²) in [6.07, 6.45) is 0.768. The molecule has 0 aliphatic rings. The minimum absolute atomic E-state index is 0.171. The number of fused-ring (bicyclic) bond motifs is 1. The van der Waals surface area contributed by atoms with Crippen molar-refractivity contribution in [3.8, 4) is 0 Å². The van der Waals surface area contributed by atoms with E-state index in [0.29, 0.717) is 13.0 Å². The van der Waals surface area contributed by atoms with E-state index >= 15 is 0 Å². The summed E-state index contributed by atoms with van der Waals surface area (Å²) >= 11 is 0. The van der Waals surface area contributed by atoms with Crippen LogP contribution >= 0.6 is 0 Å². The average Bonchev–Trinajstić information content (AvgIpc) is 2.37. The third-order valence-corrected chi connectivity index (χ3v) is 2.97. The Morgan fingerprint density at radius 2 is 1.89 bits per heavy atom. The molecule has 0 atom stereocenters. The van der Waals surface area contributed by atoms with Gasteiger partial charge in [-0.05, 0) is 25.5 Å². The third kappa shape index (κ3) is 3.19. The monoisotopic (exact) mass is 259 g/mol. The molecule has 0 bridgehead atoms. The number of rotatable bonds is 5. The second kappa shape index (κ2) is 5.65. The van der Waals surface area contributed by atoms with Crippen LogP contribution in [0.1, 0.15) is 18.5 Å². The molecule has 5 nitrogen and oxygen atoms in total. The van der Waals surface area contributed by atoms with E-state index in [0.717, 1.165) is 22.5 Å². The van der Waals surface area contributed by atoms with E-state index in [2.05, 4.69) is 9.97 Å². The number of anilines is 1. The standard InChI is InChI=1S/C14H17N3O2/c1-10-14(17(2)9-5-8-13(18)19)16-12-7-4-3-6-11(12)15-10/h3-4,6-7H,5,8-9H2,1-2H3,(H,18,19). The molecule has 1 heterocycles. The fraction of sp³-hybridized carbons (Fsp3) is 0.357. The van der Waals surface area contributed by atoms with Crippen molar-refractivity contribution in [1.82, 2.24) is 9.97 Å². The lowest BCUT2D eigenvalue weighted by atomic mass is 10.2. The number of nitrogens with zero attached hydrogens (tertiary/aromatic N) is 3. The first-order valence-corrected chi connectivity index (χ1v) is 6.24. The van der Waals surface area contributed by atoms with E-state index in [1.807, 2.05) is 43.1 Å². The number of para-hydroxylation sites is 2. The maximum atomic E-state index is 10.5. The summed E-state index contributed by atoms with van der Waals surface area (Å²) in [4.78, 5) is 21.6. The SMILES string of the molecule is Cc1nc2ccccc2nc1N(C)CCCC(=O)O. The van der Waals surface area contributed by atoms with Crippen LogP contribution in [0.25, 0.3) is 11.0 Å². The van der Waals surface area contributed by atoms with Crippen molar-refractivity contribution in [2.24, 2.45) is 0 Å². The van der Waals surface area contributed by atoms with Crippen LogP contribution in [0.5, 0.6) is 0 Å². The zero-order valence-corrected chi connectivity index (χ0v) is 11.1. The molecular weight excluding hydrogens is 242 g/mol. The second-order valence-electron chi connectivity index (χ2n) is 4.54. The summed E-state index contributed by atoms with van der Waals surface area (Å²) in [5.41, 5.74) is 2.59. The van der Waals surface area contributed by atoms with Gasteiger partial charge in [0.1, 0.15) is 0 Å². The molecular formula is C14H17N3O2. The number of aryl methyl sites for hydroxylation is 1. The van der Waals surface area contributed by atoms with Crippen LogP contribution in [0.3, 0.4) is 0 Å². The molecule has 2 rings (SSSR count). The molecule has 1 aromatic heterocycles. The molecule has 0 saturated carbocycles. The second-order valence-corrected chi connectivity index (χ2v) is 4.54. The largest absolute Gasteiger partial charge is 0.481 e. The van der Waals surface area contributed by atoms with E-state index < -0.39 is 5.97 Å². The molecule has 19 heavy (non-hydrogen) atoms. The lowest BCUT2D eigenvalue weighted by Crippen LogP contribution is -2.22. The summed E-state index contributed by atoms with van der Waals surface area (Å²) in [5, 5.41) is 8.65. The van der Waals surface area contributed by atoms with Gasteiger partial charge in [-0.2, -0.15) is 0 Å². The predicted octanol–water partition coefficient (Wildman–Crippen LogP) is 2.24. The highest BCUT2D eigenvalue weighted by Crippen LogP contribution is 2.19. The highest BCUT2D eigenvalue weighted by atomic mass is 16.4. The van der Waals surface area contributed by atoms with Crippen LogP contribution in [-0.4, -0.2) is 34.6 Å². The van der Waals surface area contributed by atoms with Gasteiger partial charge in [-0.3, -0.25) is 4.79 Å². The van der Waals surface area contributed by atoms with Gasteiger partial charge in [-0.15, -0.1) is 0 Å². The molecule has 0 unspecified atom stereocenters. The molecule has 0 saturated heterocycles. The van der Waals surface area contributed by atoms with Crippen molar-refractivity contribution in [2.45, 2.75) is 19.8 Å². The number of aliphatic carboxylic acids is 1. The maximum Gasteiger partial charge on any atom is 0.303 e. The normalized spacial score (nSPS) is 10.6. The zero-order chi connectivity index (χ0) is 13.8. The van der Waals surface area contributed by atoms with Gasteiger partial charge in [0.15, 0.2) is 5.82 Å². The molecule has 0 aliphatic heterocycles. The Kier molecular flexibility index (Phi) is 3.94. The Morgan fingerprint density at radius 1 is 1.26 bits per heavy atom. The minimum atomic E-state index is -0.769. The zero-order valence-electron chi connectivity index (χ0n) is 11.1. The van der Waals surface area contributed by atoms with Gasteiger partial charge >= 0.3 is 5.97 Å². The van der Waals surface area contributed by atoms with Crippen LogP contribution in [0.4, 0.5) is 5.82 Å². The predicted molar refractivity (Wildman–Crippen MR) is 74.4 cm³/mol. The first kappa shape index (κ1) is 13.3. The number of benzene rings is 1. The quantitative estimate of drug-likeness (QED) is 0.892. The molecule has 1 N–H and O–H groups in total. The van der Waals surface area contributed by atoms with Crippen molar-refractivity contribution in [1.29, 1.82) is 0 Å². The molecule has 0 aliphatic carbocycles. The number of carbonyl (C=O) groups is 1. The van der Waals surface area contributed by atoms with Gasteiger partial charge in [0.05, 0.1) is 16.7 Å². The summed E-state index contributed by atoms with van der Waals surface area (Å²) in [7, 11) is 1.91. The van der Waals surface area contributed by atoms with E-state index in [9.17, 15) is 4.79 Å². The lowest BCUT2D eigenvalue weighted by Gasteiger charge is -2.19. The number of hydrogen-bond donors (Lipinski definition) is 1. The Balaban J connectivity index is 2.19. The Hall–Kier alpha value is -2.17. The van der Waals surface area contributed by atoms with Crippen LogP contribution < -0.4 is 4.90 Å². The lowest BCUT2D eigenvalue weighted by molar-refractivity contribution is -0.137. The Bertz CT molecular complexity index is 598. The molecule has 0 amide bonds. The molecule has 0 fully saturated rings. The fourth-order valence-corrected chi connectivity index (χ4v) is 2.01. The topological polar surface area (TPSA) is 66.3 Å². The minimum Gasteiger partial charge on any atom is -0.481 e. The molecule has 2 aromatic rings. The molecule has 0 spiro atoms. The first-order chi connectivity index (χ1) is 9.08. The van der Waals surface area contributed by atoms with Crippen LogP contribution in [0, 0.1) is 6.92 Å². The van der Waals surface area contributed by atoms with Crippen molar-refractivity contribution in [3.05, 3.63) is 30.0 Å². The first-order valence-electron chi connectivity index (χ1n) is 6.24. The fourth-order valence-electron chi connectivity index (χ4n) is 2.01. The van der Waals surface area contributed by atoms with Crippen LogP contribution in [0.2, 0.25) is 0 Å². The maximum absolute atomic E-state index is 10.5. The molecule has 5 heteroatoms. The number of carboxylic acids is 1. The van der Waals surface area contributed by atoms with E-state index in [4.69, 9.17) is 5.11 Å². The Morgan fingerprint density at radius 3 is 2.53 bits per heavy atom. The highest BCUT2D eigenvalue weighted by Gasteiger charge is 2.10. The number of hydrogen-bond acceptors (Lipinski definition) is 4. The molecule has 100 valence electrons. The summed E-state index contributed by atoms with van der Waals surface area (Å²) in [6.45, 7) is 2.57. The number of aromatic nitrogens is 2. The summed E-state index contributed by atoms with van der Waals surface area (Å²) in [5.74, 6) is 0.0406. The van der Waals surface area contributed by atoms with Crippen LogP contribution in [-0.2, 0) is 4.79 Å².